The normalized spacial score (nSPS) is 20.8. The SMILES string of the molecule is COC[C@H]1CN(c2ccc3c(=O)n4c(nc3c2)COC(C)COc2cc(S(N)(=O)=O)ccc2CC4)CCO1. The number of anilines is 1. The number of fused-ring (bicyclic) bond motifs is 3. The summed E-state index contributed by atoms with van der Waals surface area (Å²) in [5, 5.41) is 5.82. The van der Waals surface area contributed by atoms with E-state index >= 15 is 0 Å². The van der Waals surface area contributed by atoms with E-state index in [4.69, 9.17) is 29.1 Å². The van der Waals surface area contributed by atoms with Gasteiger partial charge in [0.05, 0.1) is 41.2 Å². The second kappa shape index (κ2) is 11.0. The number of morpholine rings is 1. The van der Waals surface area contributed by atoms with Gasteiger partial charge in [0.1, 0.15) is 24.8 Å². The molecule has 0 bridgehead atoms. The molecule has 204 valence electrons. The van der Waals surface area contributed by atoms with E-state index in [1.165, 1.54) is 12.1 Å². The summed E-state index contributed by atoms with van der Waals surface area (Å²) in [5.41, 5.74) is 2.18. The van der Waals surface area contributed by atoms with E-state index in [-0.39, 0.29) is 35.9 Å². The zero-order valence-electron chi connectivity index (χ0n) is 21.5. The van der Waals surface area contributed by atoms with Gasteiger partial charge in [-0.2, -0.15) is 0 Å². The smallest absolute Gasteiger partial charge is 0.261 e. The zero-order chi connectivity index (χ0) is 26.9. The quantitative estimate of drug-likeness (QED) is 0.517. The summed E-state index contributed by atoms with van der Waals surface area (Å²) in [5.74, 6) is 0.925. The van der Waals surface area contributed by atoms with Gasteiger partial charge in [0, 0.05) is 38.5 Å². The highest BCUT2D eigenvalue weighted by Crippen LogP contribution is 2.26. The summed E-state index contributed by atoms with van der Waals surface area (Å²) in [6.07, 6.45) is 0.0792. The molecule has 2 aliphatic rings. The average Bonchev–Trinajstić information content (AvgIpc) is 2.92. The largest absolute Gasteiger partial charge is 0.491 e. The van der Waals surface area contributed by atoms with Gasteiger partial charge in [0.15, 0.2) is 0 Å². The lowest BCUT2D eigenvalue weighted by Gasteiger charge is -2.34. The van der Waals surface area contributed by atoms with Crippen molar-refractivity contribution in [2.45, 2.75) is 43.6 Å². The van der Waals surface area contributed by atoms with Gasteiger partial charge in [-0.1, -0.05) is 6.07 Å². The average molecular weight is 545 g/mol. The maximum Gasteiger partial charge on any atom is 0.261 e. The minimum atomic E-state index is -3.89. The van der Waals surface area contributed by atoms with Gasteiger partial charge in [-0.3, -0.25) is 9.36 Å². The van der Waals surface area contributed by atoms with Crippen LogP contribution in [-0.2, 0) is 43.8 Å². The van der Waals surface area contributed by atoms with E-state index in [0.717, 1.165) is 17.8 Å². The number of aryl methyl sites for hydroxylation is 1. The molecule has 2 aromatic carbocycles. The molecule has 1 unspecified atom stereocenters. The van der Waals surface area contributed by atoms with Crippen molar-refractivity contribution in [3.05, 3.63) is 58.1 Å². The van der Waals surface area contributed by atoms with Crippen LogP contribution in [0.1, 0.15) is 18.3 Å². The molecular weight excluding hydrogens is 512 g/mol. The van der Waals surface area contributed by atoms with Gasteiger partial charge in [0.2, 0.25) is 10.0 Å². The second-order valence-corrected chi connectivity index (χ2v) is 11.1. The standard InChI is InChI=1S/C26H32N4O7S/c1-17-14-37-24-12-21(38(27,32)33)5-3-18(24)7-8-30-25(16-36-17)28-23-11-19(4-6-22(23)26(30)31)29-9-10-35-20(13-29)15-34-2/h3-6,11-12,17,20H,7-10,13-16H2,1-2H3,(H2,27,32,33)/t17?,20-/m1/s1. The van der Waals surface area contributed by atoms with E-state index in [1.807, 2.05) is 25.1 Å². The lowest BCUT2D eigenvalue weighted by atomic mass is 10.1. The first-order valence-electron chi connectivity index (χ1n) is 12.5. The van der Waals surface area contributed by atoms with Crippen LogP contribution in [0.4, 0.5) is 5.69 Å². The molecule has 1 saturated heterocycles. The minimum absolute atomic E-state index is 0.0172. The molecule has 11 nitrogen and oxygen atoms in total. The molecule has 3 heterocycles. The number of sulfonamides is 1. The Balaban J connectivity index is 1.50. The first-order chi connectivity index (χ1) is 18.2. The maximum atomic E-state index is 13.6. The van der Waals surface area contributed by atoms with Gasteiger partial charge in [-0.25, -0.2) is 18.5 Å². The highest BCUT2D eigenvalue weighted by Gasteiger charge is 2.22. The van der Waals surface area contributed by atoms with Crippen LogP contribution in [0.3, 0.4) is 0 Å². The van der Waals surface area contributed by atoms with Gasteiger partial charge in [-0.05, 0) is 43.2 Å². The van der Waals surface area contributed by atoms with Crippen LogP contribution in [0.15, 0.2) is 46.1 Å². The van der Waals surface area contributed by atoms with Gasteiger partial charge < -0.3 is 23.8 Å². The Bertz CT molecular complexity index is 1490. The number of nitrogens with zero attached hydrogens (tertiary/aromatic N) is 3. The summed E-state index contributed by atoms with van der Waals surface area (Å²) in [4.78, 5) is 20.6. The van der Waals surface area contributed by atoms with Gasteiger partial charge in [-0.15, -0.1) is 0 Å². The topological polar surface area (TPSA) is 135 Å². The van der Waals surface area contributed by atoms with E-state index in [0.29, 0.717) is 55.2 Å². The molecule has 1 fully saturated rings. The van der Waals surface area contributed by atoms with Crippen LogP contribution in [0.25, 0.3) is 10.9 Å². The lowest BCUT2D eigenvalue weighted by molar-refractivity contribution is -0.0100. The van der Waals surface area contributed by atoms with Crippen LogP contribution in [0.2, 0.25) is 0 Å². The number of benzene rings is 2. The van der Waals surface area contributed by atoms with Gasteiger partial charge >= 0.3 is 0 Å². The summed E-state index contributed by atoms with van der Waals surface area (Å²) >= 11 is 0. The molecule has 0 saturated carbocycles. The number of primary sulfonamides is 1. The fourth-order valence-electron chi connectivity index (χ4n) is 4.79. The van der Waals surface area contributed by atoms with Crippen molar-refractivity contribution in [1.82, 2.24) is 9.55 Å². The van der Waals surface area contributed by atoms with Crippen molar-refractivity contribution in [2.24, 2.45) is 5.14 Å². The molecule has 12 heteroatoms. The van der Waals surface area contributed by atoms with Crippen molar-refractivity contribution < 1.29 is 27.4 Å². The van der Waals surface area contributed by atoms with Crippen molar-refractivity contribution in [3.8, 4) is 5.75 Å². The lowest BCUT2D eigenvalue weighted by Crippen LogP contribution is -2.44. The van der Waals surface area contributed by atoms with Crippen LogP contribution < -0.4 is 20.3 Å². The van der Waals surface area contributed by atoms with E-state index in [9.17, 15) is 13.2 Å². The molecule has 0 spiro atoms. The summed E-state index contributed by atoms with van der Waals surface area (Å²) in [6, 6.07) is 10.2. The number of hydrogen-bond acceptors (Lipinski definition) is 9. The maximum absolute atomic E-state index is 13.6. The van der Waals surface area contributed by atoms with Crippen molar-refractivity contribution in [3.63, 3.8) is 0 Å². The third-order valence-electron chi connectivity index (χ3n) is 6.82. The van der Waals surface area contributed by atoms with E-state index in [2.05, 4.69) is 4.90 Å². The fraction of sp³-hybridized carbons (Fsp3) is 0.462. The van der Waals surface area contributed by atoms with Gasteiger partial charge in [0.25, 0.3) is 5.56 Å². The molecule has 0 aliphatic carbocycles. The number of ether oxygens (including phenoxy) is 4. The zero-order valence-corrected chi connectivity index (χ0v) is 22.3. The fourth-order valence-corrected chi connectivity index (χ4v) is 5.32. The summed E-state index contributed by atoms with van der Waals surface area (Å²) < 4.78 is 48.2. The highest BCUT2D eigenvalue weighted by molar-refractivity contribution is 7.89. The van der Waals surface area contributed by atoms with Crippen LogP contribution in [0.5, 0.6) is 5.75 Å². The number of methoxy groups -OCH3 is 1. The van der Waals surface area contributed by atoms with Crippen LogP contribution >= 0.6 is 0 Å². The molecule has 2 N–H and O–H groups in total. The molecule has 0 radical (unpaired) electrons. The van der Waals surface area contributed by atoms with Crippen molar-refractivity contribution in [1.29, 1.82) is 0 Å². The Morgan fingerprint density at radius 3 is 2.79 bits per heavy atom. The molecule has 1 aromatic heterocycles. The van der Waals surface area contributed by atoms with E-state index in [1.54, 1.807) is 17.7 Å². The van der Waals surface area contributed by atoms with Crippen molar-refractivity contribution >= 4 is 26.6 Å². The van der Waals surface area contributed by atoms with Crippen molar-refractivity contribution in [2.75, 3.05) is 44.9 Å². The Kier molecular flexibility index (Phi) is 7.68. The first kappa shape index (κ1) is 26.6. The molecule has 5 rings (SSSR count). The Morgan fingerprint density at radius 1 is 1.16 bits per heavy atom. The van der Waals surface area contributed by atoms with E-state index < -0.39 is 10.0 Å². The third-order valence-corrected chi connectivity index (χ3v) is 7.73. The summed E-state index contributed by atoms with van der Waals surface area (Å²) in [7, 11) is -2.23. The third kappa shape index (κ3) is 5.69. The molecule has 2 atom stereocenters. The monoisotopic (exact) mass is 544 g/mol. The van der Waals surface area contributed by atoms with Crippen LogP contribution in [0, 0.1) is 0 Å². The molecule has 2 aliphatic heterocycles. The predicted octanol–water partition coefficient (Wildman–Crippen LogP) is 1.44. The Morgan fingerprint density at radius 2 is 2.00 bits per heavy atom. The molecular formula is C26H32N4O7S. The number of hydrogen-bond donors (Lipinski definition) is 1. The minimum Gasteiger partial charge on any atom is -0.491 e. The number of nitrogens with two attached hydrogens (primary N) is 1. The Labute approximate surface area is 221 Å². The molecule has 0 amide bonds. The Hall–Kier alpha value is -3.03. The predicted molar refractivity (Wildman–Crippen MR) is 141 cm³/mol. The number of aromatic nitrogens is 2. The second-order valence-electron chi connectivity index (χ2n) is 9.58. The highest BCUT2D eigenvalue weighted by atomic mass is 32.2. The molecule has 38 heavy (non-hydrogen) atoms. The van der Waals surface area contributed by atoms with Crippen LogP contribution in [-0.4, -0.2) is 70.2 Å². The molecule has 3 aromatic rings. The number of rotatable bonds is 4. The summed E-state index contributed by atoms with van der Waals surface area (Å²) in [6.45, 7) is 5.04. The first-order valence-corrected chi connectivity index (χ1v) is 14.1.